The monoisotopic (exact) mass is 422 g/mol. The van der Waals surface area contributed by atoms with Gasteiger partial charge in [0.25, 0.3) is 0 Å². The number of nitrogens with one attached hydrogen (secondary N) is 1. The van der Waals surface area contributed by atoms with Crippen molar-refractivity contribution < 1.29 is 13.2 Å². The molecule has 0 atom stereocenters. The van der Waals surface area contributed by atoms with E-state index in [2.05, 4.69) is 30.2 Å². The van der Waals surface area contributed by atoms with Crippen molar-refractivity contribution in [1.82, 2.24) is 24.9 Å². The highest BCUT2D eigenvalue weighted by atomic mass is 19.4. The van der Waals surface area contributed by atoms with Crippen molar-refractivity contribution in [3.63, 3.8) is 0 Å². The van der Waals surface area contributed by atoms with Gasteiger partial charge in [-0.3, -0.25) is 15.0 Å². The number of alkyl halides is 3. The van der Waals surface area contributed by atoms with E-state index < -0.39 is 11.7 Å². The van der Waals surface area contributed by atoms with Gasteiger partial charge in [0.1, 0.15) is 11.5 Å². The average Bonchev–Trinajstić information content (AvgIpc) is 2.80. The van der Waals surface area contributed by atoms with Crippen molar-refractivity contribution in [3.8, 4) is 22.8 Å². The fourth-order valence-electron chi connectivity index (χ4n) is 2.87. The Morgan fingerprint density at radius 2 is 1.74 bits per heavy atom. The molecule has 0 aliphatic carbocycles. The van der Waals surface area contributed by atoms with Crippen molar-refractivity contribution in [2.24, 2.45) is 0 Å². The zero-order valence-electron chi connectivity index (χ0n) is 16.2. The Morgan fingerprint density at radius 1 is 0.839 bits per heavy atom. The molecule has 0 radical (unpaired) electrons. The predicted molar refractivity (Wildman–Crippen MR) is 110 cm³/mol. The molecule has 0 aliphatic heterocycles. The molecule has 0 spiro atoms. The van der Waals surface area contributed by atoms with Crippen molar-refractivity contribution in [2.45, 2.75) is 12.6 Å². The van der Waals surface area contributed by atoms with Crippen LogP contribution in [-0.2, 0) is 12.6 Å². The van der Waals surface area contributed by atoms with Gasteiger partial charge in [-0.2, -0.15) is 13.2 Å². The third-order valence-electron chi connectivity index (χ3n) is 4.42. The van der Waals surface area contributed by atoms with Gasteiger partial charge in [0.05, 0.1) is 11.3 Å². The van der Waals surface area contributed by atoms with Crippen molar-refractivity contribution >= 4 is 5.82 Å². The molecule has 0 saturated carbocycles. The number of nitrogens with zero attached hydrogens (tertiary/aromatic N) is 5. The highest BCUT2D eigenvalue weighted by molar-refractivity contribution is 5.65. The van der Waals surface area contributed by atoms with Gasteiger partial charge in [0, 0.05) is 55.1 Å². The molecule has 1 N–H and O–H groups in total. The van der Waals surface area contributed by atoms with Gasteiger partial charge in [-0.1, -0.05) is 6.07 Å². The van der Waals surface area contributed by atoms with Gasteiger partial charge in [-0.15, -0.1) is 0 Å². The fraction of sp³-hybridized carbons (Fsp3) is 0.136. The van der Waals surface area contributed by atoms with Crippen LogP contribution in [0.2, 0.25) is 0 Å². The van der Waals surface area contributed by atoms with Crippen molar-refractivity contribution in [3.05, 3.63) is 84.6 Å². The van der Waals surface area contributed by atoms with E-state index in [1.807, 2.05) is 30.3 Å². The number of rotatable bonds is 6. The fourth-order valence-corrected chi connectivity index (χ4v) is 2.87. The molecular weight excluding hydrogens is 405 g/mol. The van der Waals surface area contributed by atoms with Gasteiger partial charge >= 0.3 is 6.18 Å². The van der Waals surface area contributed by atoms with Crippen LogP contribution in [0.15, 0.2) is 73.3 Å². The topological polar surface area (TPSA) is 76.5 Å². The van der Waals surface area contributed by atoms with Gasteiger partial charge in [-0.25, -0.2) is 9.97 Å². The molecule has 0 fully saturated rings. The maximum atomic E-state index is 12.7. The second-order valence-corrected chi connectivity index (χ2v) is 6.63. The molecule has 4 heterocycles. The van der Waals surface area contributed by atoms with E-state index in [1.165, 1.54) is 6.07 Å². The SMILES string of the molecule is FC(F)(F)c1ccc(CCNc2cc(-c3cccnc3)nc(-c3ccccn3)n2)nc1. The average molecular weight is 422 g/mol. The number of halogens is 3. The molecule has 4 aromatic rings. The molecule has 4 aromatic heterocycles. The van der Waals surface area contributed by atoms with Crippen LogP contribution in [0.1, 0.15) is 11.3 Å². The summed E-state index contributed by atoms with van der Waals surface area (Å²) < 4.78 is 38.0. The number of pyridine rings is 3. The Labute approximate surface area is 176 Å². The molecule has 6 nitrogen and oxygen atoms in total. The van der Waals surface area contributed by atoms with E-state index >= 15 is 0 Å². The van der Waals surface area contributed by atoms with Crippen LogP contribution >= 0.6 is 0 Å². The summed E-state index contributed by atoms with van der Waals surface area (Å²) in [5.74, 6) is 1.03. The molecule has 31 heavy (non-hydrogen) atoms. The van der Waals surface area contributed by atoms with Crippen LogP contribution in [0.5, 0.6) is 0 Å². The van der Waals surface area contributed by atoms with Gasteiger partial charge in [0.2, 0.25) is 0 Å². The van der Waals surface area contributed by atoms with Crippen LogP contribution in [0.3, 0.4) is 0 Å². The first-order valence-corrected chi connectivity index (χ1v) is 9.46. The summed E-state index contributed by atoms with van der Waals surface area (Å²) >= 11 is 0. The highest BCUT2D eigenvalue weighted by Crippen LogP contribution is 2.28. The summed E-state index contributed by atoms with van der Waals surface area (Å²) in [6, 6.07) is 13.4. The summed E-state index contributed by atoms with van der Waals surface area (Å²) in [6.07, 6.45) is 1.94. The first kappa shape index (κ1) is 20.4. The van der Waals surface area contributed by atoms with Crippen LogP contribution in [0.25, 0.3) is 22.8 Å². The molecule has 0 bridgehead atoms. The maximum absolute atomic E-state index is 12.7. The number of hydrogen-bond acceptors (Lipinski definition) is 6. The summed E-state index contributed by atoms with van der Waals surface area (Å²) in [4.78, 5) is 21.5. The number of anilines is 1. The van der Waals surface area contributed by atoms with E-state index in [0.717, 1.165) is 17.8 Å². The van der Waals surface area contributed by atoms with E-state index in [4.69, 9.17) is 0 Å². The second kappa shape index (κ2) is 8.86. The lowest BCUT2D eigenvalue weighted by Crippen LogP contribution is -2.10. The molecule has 0 aliphatic rings. The number of aromatic nitrogens is 5. The Hall–Kier alpha value is -3.88. The van der Waals surface area contributed by atoms with Gasteiger partial charge in [0.15, 0.2) is 5.82 Å². The second-order valence-electron chi connectivity index (χ2n) is 6.63. The molecule has 0 unspecified atom stereocenters. The van der Waals surface area contributed by atoms with E-state index in [0.29, 0.717) is 41.7 Å². The molecular formula is C22H17F3N6. The van der Waals surface area contributed by atoms with Crippen LogP contribution < -0.4 is 5.32 Å². The van der Waals surface area contributed by atoms with Crippen LogP contribution in [0, 0.1) is 0 Å². The Kier molecular flexibility index (Phi) is 5.83. The smallest absolute Gasteiger partial charge is 0.370 e. The Balaban J connectivity index is 1.53. The first-order chi connectivity index (χ1) is 15.0. The molecule has 0 amide bonds. The lowest BCUT2D eigenvalue weighted by Gasteiger charge is -2.10. The lowest BCUT2D eigenvalue weighted by atomic mass is 10.2. The van der Waals surface area contributed by atoms with E-state index in [-0.39, 0.29) is 0 Å². The summed E-state index contributed by atoms with van der Waals surface area (Å²) in [7, 11) is 0. The molecule has 9 heteroatoms. The predicted octanol–water partition coefficient (Wildman–Crippen LogP) is 4.67. The largest absolute Gasteiger partial charge is 0.417 e. The molecule has 4 rings (SSSR count). The third-order valence-corrected chi connectivity index (χ3v) is 4.42. The quantitative estimate of drug-likeness (QED) is 0.487. The Morgan fingerprint density at radius 3 is 2.42 bits per heavy atom. The minimum absolute atomic E-state index is 0.434. The van der Waals surface area contributed by atoms with Crippen LogP contribution in [-0.4, -0.2) is 31.5 Å². The van der Waals surface area contributed by atoms with Crippen molar-refractivity contribution in [2.75, 3.05) is 11.9 Å². The maximum Gasteiger partial charge on any atom is 0.417 e. The van der Waals surface area contributed by atoms with Gasteiger partial charge in [-0.05, 0) is 36.4 Å². The first-order valence-electron chi connectivity index (χ1n) is 9.46. The normalized spacial score (nSPS) is 11.3. The molecule has 0 aromatic carbocycles. The summed E-state index contributed by atoms with van der Waals surface area (Å²) in [6.45, 7) is 0.434. The standard InChI is InChI=1S/C22H17F3N6/c23-22(24,25)16-6-7-17(29-14-16)8-11-28-20-12-19(15-4-3-9-26-13-15)30-21(31-20)18-5-1-2-10-27-18/h1-7,9-10,12-14H,8,11H2,(H,28,30,31). The summed E-state index contributed by atoms with van der Waals surface area (Å²) in [5.41, 5.74) is 1.92. The van der Waals surface area contributed by atoms with Crippen LogP contribution in [0.4, 0.5) is 19.0 Å². The number of hydrogen-bond donors (Lipinski definition) is 1. The van der Waals surface area contributed by atoms with Crippen molar-refractivity contribution in [1.29, 1.82) is 0 Å². The minimum Gasteiger partial charge on any atom is -0.370 e. The van der Waals surface area contributed by atoms with E-state index in [9.17, 15) is 13.2 Å². The zero-order chi connectivity index (χ0) is 21.7. The van der Waals surface area contributed by atoms with Gasteiger partial charge < -0.3 is 5.32 Å². The summed E-state index contributed by atoms with van der Waals surface area (Å²) in [5, 5.41) is 3.20. The zero-order valence-corrected chi connectivity index (χ0v) is 16.2. The Bertz CT molecular complexity index is 1080. The molecule has 0 saturated heterocycles. The molecule has 156 valence electrons. The highest BCUT2D eigenvalue weighted by Gasteiger charge is 2.30. The third kappa shape index (κ3) is 5.19. The lowest BCUT2D eigenvalue weighted by molar-refractivity contribution is -0.137. The van der Waals surface area contributed by atoms with E-state index in [1.54, 1.807) is 24.7 Å². The minimum atomic E-state index is -4.39.